The largest absolute Gasteiger partial charge is 0.457 e. The predicted octanol–water partition coefficient (Wildman–Crippen LogP) is 6.73. The van der Waals surface area contributed by atoms with Gasteiger partial charge in [0.15, 0.2) is 0 Å². The van der Waals surface area contributed by atoms with Crippen LogP contribution in [0.3, 0.4) is 0 Å². The Labute approximate surface area is 184 Å². The van der Waals surface area contributed by atoms with E-state index in [9.17, 15) is 8.42 Å². The molecule has 0 amide bonds. The summed E-state index contributed by atoms with van der Waals surface area (Å²) in [5.74, 6) is 1.41. The topological polar surface area (TPSA) is 56.2 Å². The molecule has 0 unspecified atom stereocenters. The van der Waals surface area contributed by atoms with Crippen LogP contribution in [0.15, 0.2) is 130 Å². The number of rotatable bonds is 7. The first-order valence-corrected chi connectivity index (χ1v) is 13.1. The number of ether oxygens (including phenoxy) is 1. The molecular weight excluding hydrogens is 428 g/mol. The van der Waals surface area contributed by atoms with Gasteiger partial charge in [0, 0.05) is 0 Å². The van der Waals surface area contributed by atoms with Gasteiger partial charge in [0.2, 0.25) is 0 Å². The van der Waals surface area contributed by atoms with Gasteiger partial charge >= 0.3 is 10.1 Å². The highest BCUT2D eigenvalue weighted by atomic mass is 32.3. The molecule has 0 radical (unpaired) electrons. The molecule has 158 valence electrons. The third kappa shape index (κ3) is 4.82. The predicted molar refractivity (Wildman–Crippen MR) is 126 cm³/mol. The molecule has 4 nitrogen and oxygen atoms in total. The third-order valence-electron chi connectivity index (χ3n) is 4.56. The highest BCUT2D eigenvalue weighted by Crippen LogP contribution is 2.68. The van der Waals surface area contributed by atoms with Crippen molar-refractivity contribution in [1.82, 2.24) is 0 Å². The fourth-order valence-corrected chi connectivity index (χ4v) is 8.41. The van der Waals surface area contributed by atoms with E-state index in [1.807, 2.05) is 115 Å². The van der Waals surface area contributed by atoms with Crippen molar-refractivity contribution in [2.75, 3.05) is 6.26 Å². The first-order valence-electron chi connectivity index (χ1n) is 9.68. The summed E-state index contributed by atoms with van der Waals surface area (Å²) in [7, 11) is -6.05. The van der Waals surface area contributed by atoms with E-state index >= 15 is 0 Å². The van der Waals surface area contributed by atoms with Crippen molar-refractivity contribution in [3.8, 4) is 11.5 Å². The minimum atomic E-state index is -3.65. The normalized spacial score (nSPS) is 12.3. The molecule has 1 N–H and O–H groups in total. The van der Waals surface area contributed by atoms with Gasteiger partial charge in [0.1, 0.15) is 17.8 Å². The maximum atomic E-state index is 12.5. The Kier molecular flexibility index (Phi) is 6.13. The van der Waals surface area contributed by atoms with Crippen LogP contribution in [0.2, 0.25) is 0 Å². The SMILES string of the molecule is CS(=O)(=O)[OH+]S(c1ccccc1)(c1ccccc1)c1ccc(Oc2ccccc2)cc1. The molecule has 0 aliphatic carbocycles. The van der Waals surface area contributed by atoms with Crippen LogP contribution in [-0.4, -0.2) is 18.3 Å². The second-order valence-electron chi connectivity index (χ2n) is 6.90. The van der Waals surface area contributed by atoms with E-state index in [1.54, 1.807) is 0 Å². The average Bonchev–Trinajstić information content (AvgIpc) is 2.79. The van der Waals surface area contributed by atoms with E-state index in [-0.39, 0.29) is 0 Å². The highest BCUT2D eigenvalue weighted by molar-refractivity contribution is 8.32. The molecule has 4 aromatic carbocycles. The van der Waals surface area contributed by atoms with E-state index in [0.29, 0.717) is 5.75 Å². The van der Waals surface area contributed by atoms with Gasteiger partial charge in [0.25, 0.3) is 0 Å². The average molecular weight is 452 g/mol. The lowest BCUT2D eigenvalue weighted by molar-refractivity contribution is 0.392. The first kappa shape index (κ1) is 21.2. The van der Waals surface area contributed by atoms with Crippen LogP contribution >= 0.6 is 10.3 Å². The fraction of sp³-hybridized carbons (Fsp3) is 0.0400. The summed E-state index contributed by atoms with van der Waals surface area (Å²) in [6.07, 6.45) is 1.15. The summed E-state index contributed by atoms with van der Waals surface area (Å²) < 4.78 is 35.4. The maximum absolute atomic E-state index is 12.5. The minimum Gasteiger partial charge on any atom is -0.457 e. The van der Waals surface area contributed by atoms with E-state index in [4.69, 9.17) is 4.74 Å². The maximum Gasteiger partial charge on any atom is 0.387 e. The van der Waals surface area contributed by atoms with Gasteiger partial charge in [-0.2, -0.15) is 8.42 Å². The van der Waals surface area contributed by atoms with Crippen LogP contribution in [0.25, 0.3) is 0 Å². The molecule has 0 aromatic heterocycles. The summed E-state index contributed by atoms with van der Waals surface area (Å²) in [6, 6.07) is 36.2. The number of hydrogen-bond donors (Lipinski definition) is 0. The second-order valence-corrected chi connectivity index (χ2v) is 11.5. The summed E-state index contributed by atoms with van der Waals surface area (Å²) >= 11 is 0. The van der Waals surface area contributed by atoms with Gasteiger partial charge < -0.3 is 4.74 Å². The Morgan fingerprint density at radius 1 is 0.548 bits per heavy atom. The van der Waals surface area contributed by atoms with Crippen molar-refractivity contribution in [2.24, 2.45) is 0 Å². The molecule has 0 saturated heterocycles. The van der Waals surface area contributed by atoms with Gasteiger partial charge in [-0.25, -0.2) is 0 Å². The smallest absolute Gasteiger partial charge is 0.387 e. The first-order chi connectivity index (χ1) is 15.0. The molecule has 0 saturated carbocycles. The zero-order valence-corrected chi connectivity index (χ0v) is 18.6. The molecular formula is C25H23O4S2+. The molecule has 0 bridgehead atoms. The fourth-order valence-electron chi connectivity index (χ4n) is 3.30. The lowest BCUT2D eigenvalue weighted by Gasteiger charge is -2.34. The summed E-state index contributed by atoms with van der Waals surface area (Å²) in [5, 5.41) is 0. The molecule has 6 heteroatoms. The molecule has 0 spiro atoms. The van der Waals surface area contributed by atoms with E-state index < -0.39 is 20.4 Å². The van der Waals surface area contributed by atoms with Crippen LogP contribution < -0.4 is 4.74 Å². The lowest BCUT2D eigenvalue weighted by atomic mass is 10.3. The zero-order chi connectivity index (χ0) is 21.7. The van der Waals surface area contributed by atoms with Gasteiger partial charge in [-0.15, -0.1) is 0 Å². The Balaban J connectivity index is 1.86. The van der Waals surface area contributed by atoms with Crippen LogP contribution in [0.1, 0.15) is 0 Å². The minimum absolute atomic E-state index is 0.670. The van der Waals surface area contributed by atoms with Crippen molar-refractivity contribution in [3.63, 3.8) is 0 Å². The Morgan fingerprint density at radius 2 is 0.935 bits per heavy atom. The van der Waals surface area contributed by atoms with Gasteiger partial charge in [-0.05, 0) is 60.7 Å². The van der Waals surface area contributed by atoms with E-state index in [2.05, 4.69) is 3.63 Å². The van der Waals surface area contributed by atoms with Crippen LogP contribution in [0.5, 0.6) is 11.5 Å². The van der Waals surface area contributed by atoms with Gasteiger partial charge in [0.05, 0.1) is 25.0 Å². The number of para-hydroxylation sites is 1. The monoisotopic (exact) mass is 451 g/mol. The zero-order valence-electron chi connectivity index (χ0n) is 17.0. The second kappa shape index (κ2) is 8.98. The van der Waals surface area contributed by atoms with Crippen molar-refractivity contribution in [3.05, 3.63) is 115 Å². The summed E-state index contributed by atoms with van der Waals surface area (Å²) in [4.78, 5) is 2.52. The molecule has 4 rings (SSSR count). The molecule has 4 aromatic rings. The van der Waals surface area contributed by atoms with Gasteiger partial charge in [-0.3, -0.25) is 3.63 Å². The van der Waals surface area contributed by atoms with Crippen molar-refractivity contribution in [2.45, 2.75) is 14.7 Å². The van der Waals surface area contributed by atoms with E-state index in [1.165, 1.54) is 0 Å². The third-order valence-corrected chi connectivity index (χ3v) is 9.40. The molecule has 0 fully saturated rings. The molecule has 0 aliphatic rings. The van der Waals surface area contributed by atoms with Crippen molar-refractivity contribution in [1.29, 1.82) is 0 Å². The summed E-state index contributed by atoms with van der Waals surface area (Å²) in [5.41, 5.74) is 0. The molecule has 0 atom stereocenters. The van der Waals surface area contributed by atoms with Crippen LogP contribution in [0, 0.1) is 0 Å². The number of hydrogen-bond acceptors (Lipinski definition) is 3. The van der Waals surface area contributed by atoms with E-state index in [0.717, 1.165) is 26.7 Å². The number of benzene rings is 4. The molecule has 0 aliphatic heterocycles. The van der Waals surface area contributed by atoms with Crippen LogP contribution in [0.4, 0.5) is 0 Å². The Morgan fingerprint density at radius 3 is 1.39 bits per heavy atom. The van der Waals surface area contributed by atoms with Crippen LogP contribution in [-0.2, 0) is 10.1 Å². The van der Waals surface area contributed by atoms with Gasteiger partial charge in [-0.1, -0.05) is 54.6 Å². The quantitative estimate of drug-likeness (QED) is 0.231. The van der Waals surface area contributed by atoms with Crippen molar-refractivity contribution < 1.29 is 16.8 Å². The van der Waals surface area contributed by atoms with Crippen molar-refractivity contribution >= 4 is 20.4 Å². The molecule has 31 heavy (non-hydrogen) atoms. The summed E-state index contributed by atoms with van der Waals surface area (Å²) in [6.45, 7) is 0. The highest BCUT2D eigenvalue weighted by Gasteiger charge is 2.41. The molecule has 0 heterocycles. The Bertz CT molecular complexity index is 1190. The lowest BCUT2D eigenvalue weighted by Crippen LogP contribution is -2.17. The standard InChI is InChI=1S/C25H22O4S2/c1-30(26,27)29-31(23-13-7-3-8-14-23,24-15-9-4-10-16-24)25-19-17-22(18-20-25)28-21-11-5-2-6-12-21/h2-20H,1H3/p+1. The Hall–Kier alpha value is -3.06.